The van der Waals surface area contributed by atoms with Crippen LogP contribution in [-0.2, 0) is 8.87 Å². The van der Waals surface area contributed by atoms with Crippen LogP contribution in [0.5, 0.6) is 0 Å². The highest BCUT2D eigenvalue weighted by molar-refractivity contribution is 8.20. The van der Waals surface area contributed by atoms with E-state index in [-0.39, 0.29) is 4.08 Å². The third-order valence-electron chi connectivity index (χ3n) is 2.77. The van der Waals surface area contributed by atoms with Crippen LogP contribution in [0, 0.1) is 0 Å². The van der Waals surface area contributed by atoms with E-state index in [9.17, 15) is 4.79 Å². The molecule has 16 heavy (non-hydrogen) atoms. The highest BCUT2D eigenvalue weighted by Crippen LogP contribution is 2.54. The number of thioether (sulfide) groups is 2. The van der Waals surface area contributed by atoms with Crippen molar-refractivity contribution in [3.8, 4) is 0 Å². The van der Waals surface area contributed by atoms with Gasteiger partial charge in [-0.2, -0.15) is 0 Å². The van der Waals surface area contributed by atoms with Gasteiger partial charge in [-0.3, -0.25) is 0 Å². The molecule has 1 fully saturated rings. The molecule has 1 heterocycles. The topological polar surface area (TPSA) is 17.1 Å². The summed E-state index contributed by atoms with van der Waals surface area (Å²) in [5.41, 5.74) is 1.36. The van der Waals surface area contributed by atoms with Crippen molar-refractivity contribution in [2.75, 3.05) is 11.5 Å². The lowest BCUT2D eigenvalue weighted by molar-refractivity contribution is -0.117. The van der Waals surface area contributed by atoms with Crippen LogP contribution in [0.1, 0.15) is 25.3 Å². The first-order valence-corrected chi connectivity index (χ1v) is 7.53. The van der Waals surface area contributed by atoms with E-state index in [1.807, 2.05) is 29.6 Å². The fourth-order valence-electron chi connectivity index (χ4n) is 1.94. The van der Waals surface area contributed by atoms with Gasteiger partial charge in [-0.1, -0.05) is 30.3 Å². The van der Waals surface area contributed by atoms with Gasteiger partial charge in [0.2, 0.25) is 0 Å². The van der Waals surface area contributed by atoms with Gasteiger partial charge < -0.3 is 4.79 Å². The third-order valence-corrected chi connectivity index (χ3v) is 6.37. The van der Waals surface area contributed by atoms with Gasteiger partial charge in [-0.05, 0) is 18.9 Å². The van der Waals surface area contributed by atoms with Gasteiger partial charge in [0.05, 0.1) is 4.08 Å². The number of hydrogen-bond acceptors (Lipinski definition) is 3. The molecule has 1 saturated heterocycles. The van der Waals surface area contributed by atoms with Crippen molar-refractivity contribution in [3.63, 3.8) is 0 Å². The molecule has 0 aromatic heterocycles. The van der Waals surface area contributed by atoms with E-state index in [0.29, 0.717) is 12.2 Å². The van der Waals surface area contributed by atoms with E-state index in [2.05, 4.69) is 24.3 Å². The van der Waals surface area contributed by atoms with E-state index in [1.165, 1.54) is 17.1 Å². The lowest BCUT2D eigenvalue weighted by atomic mass is 10.1. The van der Waals surface area contributed by atoms with E-state index in [0.717, 1.165) is 6.42 Å². The molecule has 0 atom stereocenters. The summed E-state index contributed by atoms with van der Waals surface area (Å²) >= 11 is 3.99. The largest absolute Gasteiger partial charge is 0.300 e. The summed E-state index contributed by atoms with van der Waals surface area (Å²) in [5, 5.41) is 0. The number of hydrogen-bond donors (Lipinski definition) is 0. The molecule has 1 aromatic rings. The smallest absolute Gasteiger partial charge is 0.129 e. The van der Waals surface area contributed by atoms with Crippen LogP contribution >= 0.6 is 23.5 Å². The number of carbonyl (C=O) groups is 1. The van der Waals surface area contributed by atoms with E-state index in [1.54, 1.807) is 6.92 Å². The Balaban J connectivity index is 2.19. The van der Waals surface area contributed by atoms with Crippen LogP contribution in [0.2, 0.25) is 0 Å². The molecule has 0 amide bonds. The Kier molecular flexibility index (Phi) is 3.98. The zero-order valence-corrected chi connectivity index (χ0v) is 11.1. The Morgan fingerprint density at radius 2 is 1.88 bits per heavy atom. The Morgan fingerprint density at radius 3 is 2.44 bits per heavy atom. The third kappa shape index (κ3) is 2.64. The van der Waals surface area contributed by atoms with Crippen molar-refractivity contribution in [2.45, 2.75) is 23.8 Å². The molecule has 3 heteroatoms. The van der Waals surface area contributed by atoms with Crippen LogP contribution in [-0.4, -0.2) is 17.3 Å². The average molecular weight is 252 g/mol. The Bertz CT molecular complexity index is 355. The maximum Gasteiger partial charge on any atom is 0.129 e. The maximum absolute atomic E-state index is 11.2. The summed E-state index contributed by atoms with van der Waals surface area (Å²) < 4.78 is 0.132. The number of Topliss-reactive ketones (excluding diaryl/α,β-unsaturated/α-hetero) is 1. The van der Waals surface area contributed by atoms with Gasteiger partial charge in [0, 0.05) is 17.9 Å². The van der Waals surface area contributed by atoms with Crippen molar-refractivity contribution in [3.05, 3.63) is 35.9 Å². The fraction of sp³-hybridized carbons (Fsp3) is 0.462. The van der Waals surface area contributed by atoms with Crippen LogP contribution in [0.4, 0.5) is 0 Å². The lowest BCUT2D eigenvalue weighted by Crippen LogP contribution is -2.15. The molecule has 86 valence electrons. The van der Waals surface area contributed by atoms with Crippen LogP contribution < -0.4 is 0 Å². The second kappa shape index (κ2) is 5.28. The Labute approximate surface area is 105 Å². The number of ketones is 1. The van der Waals surface area contributed by atoms with Gasteiger partial charge in [0.1, 0.15) is 5.78 Å². The first-order valence-electron chi connectivity index (χ1n) is 5.56. The molecule has 0 radical (unpaired) electrons. The number of carbonyl (C=O) groups excluding carboxylic acids is 1. The molecule has 0 aliphatic carbocycles. The van der Waals surface area contributed by atoms with Gasteiger partial charge in [-0.15, -0.1) is 23.5 Å². The Morgan fingerprint density at radius 1 is 1.25 bits per heavy atom. The second-order valence-corrected chi connectivity index (χ2v) is 7.06. The monoisotopic (exact) mass is 252 g/mol. The van der Waals surface area contributed by atoms with Crippen molar-refractivity contribution in [2.24, 2.45) is 0 Å². The van der Waals surface area contributed by atoms with Crippen LogP contribution in [0.3, 0.4) is 0 Å². The molecule has 1 nitrogen and oxygen atoms in total. The zero-order valence-electron chi connectivity index (χ0n) is 9.44. The molecular weight excluding hydrogens is 236 g/mol. The van der Waals surface area contributed by atoms with Gasteiger partial charge in [-0.25, -0.2) is 0 Å². The van der Waals surface area contributed by atoms with Gasteiger partial charge in [0.25, 0.3) is 0 Å². The predicted octanol–water partition coefficient (Wildman–Crippen LogP) is 3.69. The SMILES string of the molecule is CC(=O)CCC1(c2ccccc2)SCCS1. The van der Waals surface area contributed by atoms with Crippen LogP contribution in [0.25, 0.3) is 0 Å². The maximum atomic E-state index is 11.2. The summed E-state index contributed by atoms with van der Waals surface area (Å²) in [6, 6.07) is 10.6. The highest BCUT2D eigenvalue weighted by atomic mass is 32.2. The molecule has 0 unspecified atom stereocenters. The molecule has 1 aliphatic heterocycles. The molecule has 0 N–H and O–H groups in total. The fourth-order valence-corrected chi connectivity index (χ4v) is 5.20. The average Bonchev–Trinajstić information content (AvgIpc) is 2.78. The van der Waals surface area contributed by atoms with E-state index >= 15 is 0 Å². The molecule has 2 rings (SSSR count). The van der Waals surface area contributed by atoms with Crippen molar-refractivity contribution < 1.29 is 4.79 Å². The molecule has 1 aliphatic rings. The molecule has 1 aromatic carbocycles. The van der Waals surface area contributed by atoms with Gasteiger partial charge in [0.15, 0.2) is 0 Å². The minimum absolute atomic E-state index is 0.132. The Hall–Kier alpha value is -0.410. The molecule has 0 saturated carbocycles. The summed E-state index contributed by atoms with van der Waals surface area (Å²) in [7, 11) is 0. The molecule has 0 spiro atoms. The second-order valence-electron chi connectivity index (χ2n) is 4.02. The minimum atomic E-state index is 0.132. The van der Waals surface area contributed by atoms with Gasteiger partial charge >= 0.3 is 0 Å². The normalized spacial score (nSPS) is 18.6. The lowest BCUT2D eigenvalue weighted by Gasteiger charge is -2.27. The summed E-state index contributed by atoms with van der Waals surface area (Å²) in [6.07, 6.45) is 1.65. The summed E-state index contributed by atoms with van der Waals surface area (Å²) in [6.45, 7) is 1.68. The number of rotatable bonds is 4. The standard InChI is InChI=1S/C13H16OS2/c1-11(14)7-8-13(15-9-10-16-13)12-5-3-2-4-6-12/h2-6H,7-10H2,1H3. The summed E-state index contributed by atoms with van der Waals surface area (Å²) in [5.74, 6) is 2.68. The predicted molar refractivity (Wildman–Crippen MR) is 73.0 cm³/mol. The minimum Gasteiger partial charge on any atom is -0.300 e. The van der Waals surface area contributed by atoms with E-state index < -0.39 is 0 Å². The van der Waals surface area contributed by atoms with Crippen molar-refractivity contribution >= 4 is 29.3 Å². The number of benzene rings is 1. The van der Waals surface area contributed by atoms with Crippen LogP contribution in [0.15, 0.2) is 30.3 Å². The van der Waals surface area contributed by atoms with Crippen molar-refractivity contribution in [1.29, 1.82) is 0 Å². The zero-order chi connectivity index (χ0) is 11.4. The first kappa shape index (κ1) is 12.1. The summed E-state index contributed by atoms with van der Waals surface area (Å²) in [4.78, 5) is 11.2. The van der Waals surface area contributed by atoms with E-state index in [4.69, 9.17) is 0 Å². The quantitative estimate of drug-likeness (QED) is 0.813. The first-order chi connectivity index (χ1) is 7.73. The highest BCUT2D eigenvalue weighted by Gasteiger charge is 2.36. The molecular formula is C13H16OS2. The van der Waals surface area contributed by atoms with Crippen molar-refractivity contribution in [1.82, 2.24) is 0 Å². The molecule has 0 bridgehead atoms.